The van der Waals surface area contributed by atoms with Crippen LogP contribution in [0.5, 0.6) is 5.75 Å². The second-order valence-electron chi connectivity index (χ2n) is 4.36. The molecule has 0 amide bonds. The highest BCUT2D eigenvalue weighted by Gasteiger charge is 2.14. The largest absolute Gasteiger partial charge is 0.475 e. The highest BCUT2D eigenvalue weighted by atomic mass is 16.6. The Labute approximate surface area is 123 Å². The number of hydrogen-bond acceptors (Lipinski definition) is 6. The standard InChI is InChI=1S/C14H19N3O4/c1-3-13(9-15)21-14-5-4-12(17(18)19)8-11(14)10-16-6-7-20-2/h4-5,8,13,16H,3,6-7,10H2,1-2H3. The van der Waals surface area contributed by atoms with Crippen molar-refractivity contribution in [2.24, 2.45) is 0 Å². The predicted octanol–water partition coefficient (Wildman–Crippen LogP) is 2.01. The van der Waals surface area contributed by atoms with E-state index in [2.05, 4.69) is 5.32 Å². The summed E-state index contributed by atoms with van der Waals surface area (Å²) in [4.78, 5) is 10.4. The Bertz CT molecular complexity index is 513. The van der Waals surface area contributed by atoms with Gasteiger partial charge in [0.2, 0.25) is 0 Å². The second kappa shape index (κ2) is 8.89. The normalized spacial score (nSPS) is 11.7. The fraction of sp³-hybridized carbons (Fsp3) is 0.500. The minimum absolute atomic E-state index is 0.00380. The molecule has 114 valence electrons. The van der Waals surface area contributed by atoms with Gasteiger partial charge < -0.3 is 14.8 Å². The molecule has 0 aliphatic carbocycles. The van der Waals surface area contributed by atoms with Gasteiger partial charge >= 0.3 is 0 Å². The van der Waals surface area contributed by atoms with Crippen LogP contribution in [0.15, 0.2) is 18.2 Å². The van der Waals surface area contributed by atoms with Crippen LogP contribution in [0.4, 0.5) is 5.69 Å². The first-order valence-electron chi connectivity index (χ1n) is 6.65. The van der Waals surface area contributed by atoms with Crippen LogP contribution >= 0.6 is 0 Å². The van der Waals surface area contributed by atoms with E-state index >= 15 is 0 Å². The maximum Gasteiger partial charge on any atom is 0.270 e. The first-order valence-corrected chi connectivity index (χ1v) is 6.65. The van der Waals surface area contributed by atoms with Crippen molar-refractivity contribution in [3.8, 4) is 11.8 Å². The average Bonchev–Trinajstić information content (AvgIpc) is 2.49. The third-order valence-electron chi connectivity index (χ3n) is 2.84. The van der Waals surface area contributed by atoms with Crippen LogP contribution in [0, 0.1) is 21.4 Å². The number of nitro benzene ring substituents is 1. The smallest absolute Gasteiger partial charge is 0.270 e. The monoisotopic (exact) mass is 293 g/mol. The molecular formula is C14H19N3O4. The molecule has 1 unspecified atom stereocenters. The van der Waals surface area contributed by atoms with E-state index in [9.17, 15) is 10.1 Å². The summed E-state index contributed by atoms with van der Waals surface area (Å²) in [5.41, 5.74) is 0.643. The molecule has 0 saturated carbocycles. The summed E-state index contributed by atoms with van der Waals surface area (Å²) in [5, 5.41) is 22.9. The van der Waals surface area contributed by atoms with Gasteiger partial charge in [-0.1, -0.05) is 6.92 Å². The van der Waals surface area contributed by atoms with Crippen LogP contribution < -0.4 is 10.1 Å². The lowest BCUT2D eigenvalue weighted by Crippen LogP contribution is -2.20. The molecule has 7 heteroatoms. The highest BCUT2D eigenvalue weighted by Crippen LogP contribution is 2.25. The number of hydrogen-bond donors (Lipinski definition) is 1. The van der Waals surface area contributed by atoms with Gasteiger partial charge in [-0.3, -0.25) is 10.1 Å². The van der Waals surface area contributed by atoms with Crippen LogP contribution in [0.2, 0.25) is 0 Å². The van der Waals surface area contributed by atoms with E-state index in [1.807, 2.05) is 13.0 Å². The molecule has 1 aromatic rings. The van der Waals surface area contributed by atoms with E-state index in [0.29, 0.717) is 37.4 Å². The quantitative estimate of drug-likeness (QED) is 0.425. The summed E-state index contributed by atoms with van der Waals surface area (Å²) in [6.45, 7) is 3.41. The fourth-order valence-corrected chi connectivity index (χ4v) is 1.68. The zero-order chi connectivity index (χ0) is 15.7. The number of non-ortho nitro benzene ring substituents is 1. The Kier molecular flexibility index (Phi) is 7.15. The van der Waals surface area contributed by atoms with Gasteiger partial charge in [-0.25, -0.2) is 0 Å². The van der Waals surface area contributed by atoms with Gasteiger partial charge in [0.1, 0.15) is 11.8 Å². The summed E-state index contributed by atoms with van der Waals surface area (Å²) in [6, 6.07) is 6.41. The van der Waals surface area contributed by atoms with E-state index in [0.717, 1.165) is 0 Å². The molecule has 0 saturated heterocycles. The Hall–Kier alpha value is -2.17. The third-order valence-corrected chi connectivity index (χ3v) is 2.84. The van der Waals surface area contributed by atoms with E-state index in [-0.39, 0.29) is 5.69 Å². The molecule has 7 nitrogen and oxygen atoms in total. The lowest BCUT2D eigenvalue weighted by atomic mass is 10.1. The first-order chi connectivity index (χ1) is 10.1. The number of ether oxygens (including phenoxy) is 2. The van der Waals surface area contributed by atoms with Crippen LogP contribution in [-0.2, 0) is 11.3 Å². The van der Waals surface area contributed by atoms with E-state index < -0.39 is 11.0 Å². The third kappa shape index (κ3) is 5.38. The molecule has 0 aliphatic rings. The molecule has 0 fully saturated rings. The molecule has 0 aliphatic heterocycles. The topological polar surface area (TPSA) is 97.4 Å². The molecule has 0 heterocycles. The van der Waals surface area contributed by atoms with Gasteiger partial charge in [0, 0.05) is 37.9 Å². The molecule has 0 spiro atoms. The summed E-state index contributed by atoms with van der Waals surface area (Å²) >= 11 is 0. The zero-order valence-electron chi connectivity index (χ0n) is 12.2. The van der Waals surface area contributed by atoms with Crippen LogP contribution in [0.3, 0.4) is 0 Å². The summed E-state index contributed by atoms with van der Waals surface area (Å²) in [7, 11) is 1.60. The minimum Gasteiger partial charge on any atom is -0.475 e. The Morgan fingerprint density at radius 2 is 2.29 bits per heavy atom. The van der Waals surface area contributed by atoms with E-state index in [1.165, 1.54) is 18.2 Å². The first kappa shape index (κ1) is 16.9. The lowest BCUT2D eigenvalue weighted by Gasteiger charge is -2.14. The molecule has 1 rings (SSSR count). The van der Waals surface area contributed by atoms with Crippen molar-refractivity contribution in [1.29, 1.82) is 5.26 Å². The van der Waals surface area contributed by atoms with Crippen molar-refractivity contribution >= 4 is 5.69 Å². The summed E-state index contributed by atoms with van der Waals surface area (Å²) in [5.74, 6) is 0.485. The van der Waals surface area contributed by atoms with Crippen molar-refractivity contribution in [3.63, 3.8) is 0 Å². The number of nitrogens with one attached hydrogen (secondary N) is 1. The van der Waals surface area contributed by atoms with Crippen molar-refractivity contribution in [3.05, 3.63) is 33.9 Å². The number of benzene rings is 1. The second-order valence-corrected chi connectivity index (χ2v) is 4.36. The maximum atomic E-state index is 10.8. The van der Waals surface area contributed by atoms with Crippen molar-refractivity contribution in [1.82, 2.24) is 5.32 Å². The molecule has 21 heavy (non-hydrogen) atoms. The van der Waals surface area contributed by atoms with Gasteiger partial charge in [-0.15, -0.1) is 0 Å². The lowest BCUT2D eigenvalue weighted by molar-refractivity contribution is -0.384. The number of nitriles is 1. The van der Waals surface area contributed by atoms with Crippen molar-refractivity contribution in [2.75, 3.05) is 20.3 Å². The van der Waals surface area contributed by atoms with E-state index in [4.69, 9.17) is 14.7 Å². The van der Waals surface area contributed by atoms with Crippen LogP contribution in [0.25, 0.3) is 0 Å². The molecule has 0 radical (unpaired) electrons. The van der Waals surface area contributed by atoms with Gasteiger partial charge in [-0.05, 0) is 12.5 Å². The Morgan fingerprint density at radius 1 is 1.52 bits per heavy atom. The minimum atomic E-state index is -0.566. The molecule has 0 aromatic heterocycles. The number of nitrogens with zero attached hydrogens (tertiary/aromatic N) is 2. The van der Waals surface area contributed by atoms with E-state index in [1.54, 1.807) is 7.11 Å². The number of nitro groups is 1. The summed E-state index contributed by atoms with van der Waals surface area (Å²) in [6.07, 6.45) is -0.0199. The van der Waals surface area contributed by atoms with Crippen LogP contribution in [-0.4, -0.2) is 31.3 Å². The highest BCUT2D eigenvalue weighted by molar-refractivity contribution is 5.44. The Morgan fingerprint density at radius 3 is 2.86 bits per heavy atom. The van der Waals surface area contributed by atoms with Crippen LogP contribution in [0.1, 0.15) is 18.9 Å². The van der Waals surface area contributed by atoms with Gasteiger partial charge in [0.15, 0.2) is 6.10 Å². The molecular weight excluding hydrogens is 274 g/mol. The maximum absolute atomic E-state index is 10.8. The summed E-state index contributed by atoms with van der Waals surface area (Å²) < 4.78 is 10.5. The molecule has 1 atom stereocenters. The van der Waals surface area contributed by atoms with Crippen molar-refractivity contribution < 1.29 is 14.4 Å². The zero-order valence-corrected chi connectivity index (χ0v) is 12.2. The molecule has 1 aromatic carbocycles. The average molecular weight is 293 g/mol. The van der Waals surface area contributed by atoms with Gasteiger partial charge in [-0.2, -0.15) is 5.26 Å². The van der Waals surface area contributed by atoms with Gasteiger partial charge in [0.25, 0.3) is 5.69 Å². The predicted molar refractivity (Wildman–Crippen MR) is 77.0 cm³/mol. The molecule has 1 N–H and O–H groups in total. The van der Waals surface area contributed by atoms with Crippen molar-refractivity contribution in [2.45, 2.75) is 26.0 Å². The fourth-order valence-electron chi connectivity index (χ4n) is 1.68. The number of rotatable bonds is 9. The Balaban J connectivity index is 2.89. The molecule has 0 bridgehead atoms. The van der Waals surface area contributed by atoms with Gasteiger partial charge in [0.05, 0.1) is 11.5 Å². The SMILES string of the molecule is CCC(C#N)Oc1ccc([N+](=O)[O-])cc1CNCCOC. The number of methoxy groups -OCH3 is 1.